The molecule has 80 valence electrons. The SMILES string of the molecule is O=C(O)C(=O)c1ccc(-n2cccc2)cc1. The number of aromatic nitrogens is 1. The molecule has 4 nitrogen and oxygen atoms in total. The van der Waals surface area contributed by atoms with Crippen LogP contribution < -0.4 is 0 Å². The van der Waals surface area contributed by atoms with Crippen molar-refractivity contribution in [3.8, 4) is 5.69 Å². The highest BCUT2D eigenvalue weighted by molar-refractivity contribution is 6.39. The summed E-state index contributed by atoms with van der Waals surface area (Å²) in [5.41, 5.74) is 1.07. The number of benzene rings is 1. The smallest absolute Gasteiger partial charge is 0.377 e. The molecule has 1 aromatic heterocycles. The number of carboxylic acid groups (broad SMARTS) is 1. The second kappa shape index (κ2) is 4.02. The largest absolute Gasteiger partial charge is 0.475 e. The molecule has 1 aromatic carbocycles. The van der Waals surface area contributed by atoms with Crippen LogP contribution in [0.4, 0.5) is 0 Å². The van der Waals surface area contributed by atoms with E-state index in [2.05, 4.69) is 0 Å². The number of hydrogen-bond acceptors (Lipinski definition) is 2. The molecule has 0 saturated carbocycles. The Balaban J connectivity index is 2.30. The molecule has 0 aliphatic carbocycles. The molecule has 0 atom stereocenters. The van der Waals surface area contributed by atoms with Gasteiger partial charge in [-0.3, -0.25) is 4.79 Å². The molecule has 0 amide bonds. The molecule has 1 heterocycles. The highest BCUT2D eigenvalue weighted by Crippen LogP contribution is 2.10. The lowest BCUT2D eigenvalue weighted by Gasteiger charge is -2.03. The normalized spacial score (nSPS) is 10.0. The molecule has 2 rings (SSSR count). The van der Waals surface area contributed by atoms with Gasteiger partial charge in [-0.15, -0.1) is 0 Å². The fourth-order valence-corrected chi connectivity index (χ4v) is 1.42. The Hall–Kier alpha value is -2.36. The van der Waals surface area contributed by atoms with Crippen LogP contribution in [0.3, 0.4) is 0 Å². The minimum Gasteiger partial charge on any atom is -0.475 e. The summed E-state index contributed by atoms with van der Waals surface area (Å²) in [7, 11) is 0. The van der Waals surface area contributed by atoms with Gasteiger partial charge in [0, 0.05) is 23.6 Å². The minimum atomic E-state index is -1.44. The van der Waals surface area contributed by atoms with Crippen molar-refractivity contribution in [1.82, 2.24) is 4.57 Å². The van der Waals surface area contributed by atoms with Crippen LogP contribution in [0.15, 0.2) is 48.8 Å². The Morgan fingerprint density at radius 3 is 2.06 bits per heavy atom. The summed E-state index contributed by atoms with van der Waals surface area (Å²) in [6, 6.07) is 10.2. The zero-order chi connectivity index (χ0) is 11.5. The Bertz CT molecular complexity index is 512. The van der Waals surface area contributed by atoms with E-state index in [1.54, 1.807) is 12.1 Å². The van der Waals surface area contributed by atoms with Crippen molar-refractivity contribution in [1.29, 1.82) is 0 Å². The van der Waals surface area contributed by atoms with Crippen LogP contribution in [0.25, 0.3) is 5.69 Å². The molecule has 0 fully saturated rings. The third-order valence-electron chi connectivity index (χ3n) is 2.23. The van der Waals surface area contributed by atoms with Crippen molar-refractivity contribution in [3.63, 3.8) is 0 Å². The first kappa shape index (κ1) is 10.2. The van der Waals surface area contributed by atoms with Crippen LogP contribution in [0.2, 0.25) is 0 Å². The minimum absolute atomic E-state index is 0.184. The molecule has 0 bridgehead atoms. The predicted molar refractivity (Wildman–Crippen MR) is 57.7 cm³/mol. The molecular weight excluding hydrogens is 206 g/mol. The third-order valence-corrected chi connectivity index (χ3v) is 2.23. The second-order valence-electron chi connectivity index (χ2n) is 3.27. The number of Topliss-reactive ketones (excluding diaryl/α,β-unsaturated/α-hetero) is 1. The number of nitrogens with zero attached hydrogens (tertiary/aromatic N) is 1. The Morgan fingerprint density at radius 2 is 1.56 bits per heavy atom. The van der Waals surface area contributed by atoms with Gasteiger partial charge in [-0.1, -0.05) is 0 Å². The molecule has 2 aromatic rings. The molecule has 0 saturated heterocycles. The Morgan fingerprint density at radius 1 is 1.00 bits per heavy atom. The number of carbonyl (C=O) groups excluding carboxylic acids is 1. The lowest BCUT2D eigenvalue weighted by atomic mass is 10.1. The van der Waals surface area contributed by atoms with Crippen molar-refractivity contribution < 1.29 is 14.7 Å². The van der Waals surface area contributed by atoms with Gasteiger partial charge in [-0.2, -0.15) is 0 Å². The molecule has 0 aliphatic heterocycles. The first-order valence-corrected chi connectivity index (χ1v) is 4.69. The van der Waals surface area contributed by atoms with Gasteiger partial charge < -0.3 is 9.67 Å². The second-order valence-corrected chi connectivity index (χ2v) is 3.27. The van der Waals surface area contributed by atoms with E-state index in [1.165, 1.54) is 12.1 Å². The topological polar surface area (TPSA) is 59.3 Å². The number of rotatable bonds is 3. The average Bonchev–Trinajstić information content (AvgIpc) is 2.81. The highest BCUT2D eigenvalue weighted by Gasteiger charge is 2.13. The average molecular weight is 215 g/mol. The standard InChI is InChI=1S/C12H9NO3/c14-11(12(15)16)9-3-5-10(6-4-9)13-7-1-2-8-13/h1-8H,(H,15,16). The van der Waals surface area contributed by atoms with E-state index in [0.29, 0.717) is 0 Å². The van der Waals surface area contributed by atoms with Crippen LogP contribution >= 0.6 is 0 Å². The third kappa shape index (κ3) is 1.86. The van der Waals surface area contributed by atoms with Gasteiger partial charge in [-0.25, -0.2) is 4.79 Å². The number of carbonyl (C=O) groups is 2. The lowest BCUT2D eigenvalue weighted by molar-refractivity contribution is -0.131. The van der Waals surface area contributed by atoms with E-state index in [9.17, 15) is 9.59 Å². The van der Waals surface area contributed by atoms with Crippen LogP contribution in [0, 0.1) is 0 Å². The fraction of sp³-hybridized carbons (Fsp3) is 0. The summed E-state index contributed by atoms with van der Waals surface area (Å²) in [5.74, 6) is -2.33. The van der Waals surface area contributed by atoms with Crippen molar-refractivity contribution >= 4 is 11.8 Å². The quantitative estimate of drug-likeness (QED) is 0.626. The van der Waals surface area contributed by atoms with Gasteiger partial charge in [-0.05, 0) is 36.4 Å². The number of hydrogen-bond donors (Lipinski definition) is 1. The first-order valence-electron chi connectivity index (χ1n) is 4.69. The maximum absolute atomic E-state index is 11.1. The lowest BCUT2D eigenvalue weighted by Crippen LogP contribution is -2.12. The van der Waals surface area contributed by atoms with E-state index >= 15 is 0 Å². The van der Waals surface area contributed by atoms with Gasteiger partial charge in [0.15, 0.2) is 0 Å². The van der Waals surface area contributed by atoms with E-state index in [1.807, 2.05) is 29.1 Å². The summed E-state index contributed by atoms with van der Waals surface area (Å²) in [6.07, 6.45) is 3.74. The van der Waals surface area contributed by atoms with Crippen molar-refractivity contribution in [2.45, 2.75) is 0 Å². The van der Waals surface area contributed by atoms with Crippen LogP contribution in [-0.2, 0) is 4.79 Å². The van der Waals surface area contributed by atoms with E-state index in [4.69, 9.17) is 5.11 Å². The molecule has 0 spiro atoms. The number of carboxylic acids is 1. The van der Waals surface area contributed by atoms with E-state index in [-0.39, 0.29) is 5.56 Å². The summed E-state index contributed by atoms with van der Waals surface area (Å²) < 4.78 is 1.87. The van der Waals surface area contributed by atoms with Gasteiger partial charge in [0.05, 0.1) is 0 Å². The summed E-state index contributed by atoms with van der Waals surface area (Å²) in [4.78, 5) is 21.6. The molecular formula is C12H9NO3. The maximum Gasteiger partial charge on any atom is 0.377 e. The predicted octanol–water partition coefficient (Wildman–Crippen LogP) is 1.74. The zero-order valence-corrected chi connectivity index (χ0v) is 8.33. The summed E-state index contributed by atoms with van der Waals surface area (Å²) >= 11 is 0. The Labute approximate surface area is 91.8 Å². The van der Waals surface area contributed by atoms with Crippen molar-refractivity contribution in [2.75, 3.05) is 0 Å². The first-order chi connectivity index (χ1) is 7.68. The van der Waals surface area contributed by atoms with Crippen LogP contribution in [-0.4, -0.2) is 21.4 Å². The number of ketones is 1. The van der Waals surface area contributed by atoms with Gasteiger partial charge >= 0.3 is 5.97 Å². The highest BCUT2D eigenvalue weighted by atomic mass is 16.4. The monoisotopic (exact) mass is 215 g/mol. The van der Waals surface area contributed by atoms with Crippen LogP contribution in [0.1, 0.15) is 10.4 Å². The summed E-state index contributed by atoms with van der Waals surface area (Å²) in [6.45, 7) is 0. The van der Waals surface area contributed by atoms with Gasteiger partial charge in [0.1, 0.15) is 0 Å². The number of aliphatic carboxylic acids is 1. The summed E-state index contributed by atoms with van der Waals surface area (Å²) in [5, 5.41) is 8.53. The van der Waals surface area contributed by atoms with E-state index < -0.39 is 11.8 Å². The fourth-order valence-electron chi connectivity index (χ4n) is 1.42. The van der Waals surface area contributed by atoms with Crippen LogP contribution in [0.5, 0.6) is 0 Å². The van der Waals surface area contributed by atoms with Gasteiger partial charge in [0.2, 0.25) is 0 Å². The molecule has 16 heavy (non-hydrogen) atoms. The zero-order valence-electron chi connectivity index (χ0n) is 8.33. The van der Waals surface area contributed by atoms with Crippen molar-refractivity contribution in [2.24, 2.45) is 0 Å². The van der Waals surface area contributed by atoms with E-state index in [0.717, 1.165) is 5.69 Å². The van der Waals surface area contributed by atoms with Crippen molar-refractivity contribution in [3.05, 3.63) is 54.4 Å². The van der Waals surface area contributed by atoms with Gasteiger partial charge in [0.25, 0.3) is 5.78 Å². The molecule has 1 N–H and O–H groups in total. The Kier molecular flexibility index (Phi) is 2.55. The molecule has 0 radical (unpaired) electrons. The maximum atomic E-state index is 11.1. The molecule has 0 unspecified atom stereocenters. The molecule has 0 aliphatic rings. The molecule has 4 heteroatoms.